The van der Waals surface area contributed by atoms with Gasteiger partial charge in [0.25, 0.3) is 0 Å². The van der Waals surface area contributed by atoms with Gasteiger partial charge in [-0.3, -0.25) is 10.1 Å². The van der Waals surface area contributed by atoms with Gasteiger partial charge in [-0.25, -0.2) is 18.7 Å². The molecule has 0 saturated heterocycles. The Kier molecular flexibility index (Phi) is 4.04. The average molecular weight is 301 g/mol. The van der Waals surface area contributed by atoms with Crippen LogP contribution in [-0.4, -0.2) is 14.9 Å². The number of rotatable bonds is 4. The van der Waals surface area contributed by atoms with E-state index in [2.05, 4.69) is 15.3 Å². The van der Waals surface area contributed by atoms with E-state index in [9.17, 15) is 18.9 Å². The molecule has 1 heterocycles. The second-order valence-electron chi connectivity index (χ2n) is 3.69. The lowest BCUT2D eigenvalue weighted by molar-refractivity contribution is -0.384. The van der Waals surface area contributed by atoms with Gasteiger partial charge < -0.3 is 5.32 Å². The average Bonchev–Trinajstić information content (AvgIpc) is 2.40. The first kappa shape index (κ1) is 14.1. The summed E-state index contributed by atoms with van der Waals surface area (Å²) in [6, 6.07) is 3.65. The Labute approximate surface area is 116 Å². The van der Waals surface area contributed by atoms with E-state index >= 15 is 0 Å². The number of nitrogens with one attached hydrogen (secondary N) is 1. The van der Waals surface area contributed by atoms with Crippen molar-refractivity contribution >= 4 is 23.1 Å². The van der Waals surface area contributed by atoms with Gasteiger partial charge in [0.05, 0.1) is 4.92 Å². The van der Waals surface area contributed by atoms with Gasteiger partial charge in [0.2, 0.25) is 11.0 Å². The fourth-order valence-corrected chi connectivity index (χ4v) is 1.71. The van der Waals surface area contributed by atoms with E-state index in [1.54, 1.807) is 0 Å². The number of hydrogen-bond acceptors (Lipinski definition) is 5. The highest BCUT2D eigenvalue weighted by molar-refractivity contribution is 6.31. The van der Waals surface area contributed by atoms with Crippen LogP contribution in [0.25, 0.3) is 0 Å². The molecule has 0 aliphatic rings. The molecule has 6 nitrogen and oxygen atoms in total. The molecule has 9 heteroatoms. The molecule has 0 aliphatic heterocycles. The third kappa shape index (κ3) is 2.80. The lowest BCUT2D eigenvalue weighted by Crippen LogP contribution is -2.07. The lowest BCUT2D eigenvalue weighted by atomic mass is 10.2. The molecule has 0 amide bonds. The van der Waals surface area contributed by atoms with E-state index in [-0.39, 0.29) is 23.1 Å². The molecule has 0 fully saturated rings. The van der Waals surface area contributed by atoms with Crippen molar-refractivity contribution in [1.29, 1.82) is 0 Å². The smallest absolute Gasteiger partial charge is 0.348 e. The van der Waals surface area contributed by atoms with Crippen LogP contribution in [0.3, 0.4) is 0 Å². The van der Waals surface area contributed by atoms with Crippen molar-refractivity contribution in [1.82, 2.24) is 9.97 Å². The van der Waals surface area contributed by atoms with E-state index in [4.69, 9.17) is 11.6 Å². The SMILES string of the molecule is O=[N+]([O-])c1c(Cl)ncnc1NCc1cccc(F)c1F. The number of benzene rings is 1. The van der Waals surface area contributed by atoms with E-state index in [0.29, 0.717) is 0 Å². The first-order chi connectivity index (χ1) is 9.50. The van der Waals surface area contributed by atoms with Crippen LogP contribution in [0.2, 0.25) is 5.15 Å². The zero-order valence-electron chi connectivity index (χ0n) is 9.81. The van der Waals surface area contributed by atoms with Gasteiger partial charge in [-0.05, 0) is 6.07 Å². The molecule has 2 rings (SSSR count). The molecule has 0 unspecified atom stereocenters. The first-order valence-electron chi connectivity index (χ1n) is 5.32. The zero-order valence-corrected chi connectivity index (χ0v) is 10.6. The molecule has 0 atom stereocenters. The predicted octanol–water partition coefficient (Wildman–Crippen LogP) is 2.93. The third-order valence-electron chi connectivity index (χ3n) is 2.44. The molecule has 0 saturated carbocycles. The van der Waals surface area contributed by atoms with Crippen LogP contribution in [0, 0.1) is 21.7 Å². The monoisotopic (exact) mass is 300 g/mol. The molecule has 20 heavy (non-hydrogen) atoms. The molecule has 0 aliphatic carbocycles. The van der Waals surface area contributed by atoms with Crippen LogP contribution in [0.15, 0.2) is 24.5 Å². The highest BCUT2D eigenvalue weighted by atomic mass is 35.5. The number of aromatic nitrogens is 2. The number of nitro groups is 1. The van der Waals surface area contributed by atoms with Crippen LogP contribution in [0.5, 0.6) is 0 Å². The van der Waals surface area contributed by atoms with Gasteiger partial charge in [0, 0.05) is 12.1 Å². The van der Waals surface area contributed by atoms with Gasteiger partial charge in [-0.2, -0.15) is 0 Å². The molecule has 104 valence electrons. The molecular formula is C11H7ClF2N4O2. The van der Waals surface area contributed by atoms with Gasteiger partial charge in [0.15, 0.2) is 11.6 Å². The molecular weight excluding hydrogens is 294 g/mol. The normalized spacial score (nSPS) is 10.3. The van der Waals surface area contributed by atoms with Crippen LogP contribution >= 0.6 is 11.6 Å². The van der Waals surface area contributed by atoms with E-state index in [0.717, 1.165) is 12.4 Å². The predicted molar refractivity (Wildman–Crippen MR) is 67.4 cm³/mol. The molecule has 1 aromatic heterocycles. The Morgan fingerprint density at radius 3 is 2.80 bits per heavy atom. The zero-order chi connectivity index (χ0) is 14.7. The Hall–Kier alpha value is -2.35. The van der Waals surface area contributed by atoms with Crippen molar-refractivity contribution in [2.75, 3.05) is 5.32 Å². The topological polar surface area (TPSA) is 81.0 Å². The number of hydrogen-bond donors (Lipinski definition) is 1. The molecule has 1 aromatic carbocycles. The highest BCUT2D eigenvalue weighted by Crippen LogP contribution is 2.28. The van der Waals surface area contributed by atoms with Crippen LogP contribution in [0.4, 0.5) is 20.3 Å². The van der Waals surface area contributed by atoms with Crippen molar-refractivity contribution in [2.45, 2.75) is 6.54 Å². The van der Waals surface area contributed by atoms with E-state index in [1.807, 2.05) is 0 Å². The quantitative estimate of drug-likeness (QED) is 0.533. The van der Waals surface area contributed by atoms with Gasteiger partial charge >= 0.3 is 5.69 Å². The summed E-state index contributed by atoms with van der Waals surface area (Å²) in [5.41, 5.74) is -0.514. The minimum atomic E-state index is -1.03. The van der Waals surface area contributed by atoms with Gasteiger partial charge in [-0.1, -0.05) is 23.7 Å². The van der Waals surface area contributed by atoms with Crippen LogP contribution in [-0.2, 0) is 6.54 Å². The Balaban J connectivity index is 2.26. The van der Waals surface area contributed by atoms with Gasteiger partial charge in [0.1, 0.15) is 6.33 Å². The second-order valence-corrected chi connectivity index (χ2v) is 4.04. The number of anilines is 1. The summed E-state index contributed by atoms with van der Waals surface area (Å²) in [6.45, 7) is -0.183. The number of halogens is 3. The summed E-state index contributed by atoms with van der Waals surface area (Å²) in [6.07, 6.45) is 1.03. The van der Waals surface area contributed by atoms with Crippen molar-refractivity contribution in [3.8, 4) is 0 Å². The molecule has 0 bridgehead atoms. The first-order valence-corrected chi connectivity index (χ1v) is 5.70. The minimum absolute atomic E-state index is 0.00836. The third-order valence-corrected chi connectivity index (χ3v) is 2.71. The summed E-state index contributed by atoms with van der Waals surface area (Å²) >= 11 is 5.60. The maximum atomic E-state index is 13.4. The molecule has 2 aromatic rings. The second kappa shape index (κ2) is 5.74. The summed E-state index contributed by atoms with van der Waals surface area (Å²) in [4.78, 5) is 17.2. The summed E-state index contributed by atoms with van der Waals surface area (Å²) in [7, 11) is 0. The maximum Gasteiger partial charge on any atom is 0.348 e. The molecule has 0 spiro atoms. The Morgan fingerprint density at radius 2 is 2.10 bits per heavy atom. The van der Waals surface area contributed by atoms with Crippen molar-refractivity contribution in [3.05, 3.63) is 57.0 Å². The maximum absolute atomic E-state index is 13.4. The Morgan fingerprint density at radius 1 is 1.35 bits per heavy atom. The highest BCUT2D eigenvalue weighted by Gasteiger charge is 2.21. The molecule has 1 N–H and O–H groups in total. The standard InChI is InChI=1S/C11H7ClF2N4O2/c12-10-9(18(19)20)11(17-5-16-10)15-4-6-2-1-3-7(13)8(6)14/h1-3,5H,4H2,(H,15,16,17). The fourth-order valence-electron chi connectivity index (χ4n) is 1.51. The van der Waals surface area contributed by atoms with Gasteiger partial charge in [-0.15, -0.1) is 0 Å². The van der Waals surface area contributed by atoms with E-state index in [1.165, 1.54) is 12.1 Å². The lowest BCUT2D eigenvalue weighted by Gasteiger charge is -2.07. The van der Waals surface area contributed by atoms with Crippen LogP contribution in [0.1, 0.15) is 5.56 Å². The minimum Gasteiger partial charge on any atom is -0.360 e. The van der Waals surface area contributed by atoms with Crippen LogP contribution < -0.4 is 5.32 Å². The van der Waals surface area contributed by atoms with Crippen molar-refractivity contribution in [3.63, 3.8) is 0 Å². The summed E-state index contributed by atoms with van der Waals surface area (Å²) in [5, 5.41) is 13.0. The fraction of sp³-hybridized carbons (Fsp3) is 0.0909. The largest absolute Gasteiger partial charge is 0.360 e. The van der Waals surface area contributed by atoms with Crippen molar-refractivity contribution < 1.29 is 13.7 Å². The van der Waals surface area contributed by atoms with E-state index < -0.39 is 22.2 Å². The number of nitrogens with zero attached hydrogens (tertiary/aromatic N) is 3. The Bertz CT molecular complexity index is 669. The summed E-state index contributed by atoms with van der Waals surface area (Å²) < 4.78 is 26.5. The van der Waals surface area contributed by atoms with Crippen molar-refractivity contribution in [2.24, 2.45) is 0 Å². The molecule has 0 radical (unpaired) electrons. The summed E-state index contributed by atoms with van der Waals surface area (Å²) in [5.74, 6) is -2.19.